The summed E-state index contributed by atoms with van der Waals surface area (Å²) in [5.41, 5.74) is 0.973. The van der Waals surface area contributed by atoms with Crippen molar-refractivity contribution in [3.63, 3.8) is 0 Å². The summed E-state index contributed by atoms with van der Waals surface area (Å²) in [5, 5.41) is 3.13. The second kappa shape index (κ2) is 6.87. The monoisotopic (exact) mass is 312 g/mol. The SMILES string of the molecule is CNC(C)c1cccc(S(=O)(=O)N(CCOC)C2CC2)c1. The van der Waals surface area contributed by atoms with Gasteiger partial charge in [0.2, 0.25) is 10.0 Å². The van der Waals surface area contributed by atoms with E-state index in [1.807, 2.05) is 20.0 Å². The van der Waals surface area contributed by atoms with E-state index in [1.165, 1.54) is 0 Å². The average Bonchev–Trinajstić information content (AvgIpc) is 3.31. The molecular formula is C15H24N2O3S. The van der Waals surface area contributed by atoms with Gasteiger partial charge in [-0.3, -0.25) is 0 Å². The minimum absolute atomic E-state index is 0.119. The van der Waals surface area contributed by atoms with Crippen molar-refractivity contribution in [2.24, 2.45) is 0 Å². The summed E-state index contributed by atoms with van der Waals surface area (Å²) >= 11 is 0. The Hall–Kier alpha value is -0.950. The normalized spacial score (nSPS) is 17.1. The molecule has 1 aliphatic carbocycles. The van der Waals surface area contributed by atoms with Crippen LogP contribution in [0.15, 0.2) is 29.2 Å². The molecule has 0 heterocycles. The lowest BCUT2D eigenvalue weighted by atomic mass is 10.1. The molecule has 1 atom stereocenters. The van der Waals surface area contributed by atoms with Crippen molar-refractivity contribution in [1.82, 2.24) is 9.62 Å². The first kappa shape index (κ1) is 16.4. The Morgan fingerprint density at radius 1 is 1.43 bits per heavy atom. The fourth-order valence-corrected chi connectivity index (χ4v) is 4.01. The molecule has 0 spiro atoms. The van der Waals surface area contributed by atoms with Gasteiger partial charge in [0.1, 0.15) is 0 Å². The Kier molecular flexibility index (Phi) is 5.37. The highest BCUT2D eigenvalue weighted by Gasteiger charge is 2.37. The zero-order chi connectivity index (χ0) is 15.5. The summed E-state index contributed by atoms with van der Waals surface area (Å²) in [6.07, 6.45) is 1.88. The molecule has 2 rings (SSSR count). The first-order valence-electron chi connectivity index (χ1n) is 7.28. The summed E-state index contributed by atoms with van der Waals surface area (Å²) in [6, 6.07) is 7.43. The Balaban J connectivity index is 2.28. The highest BCUT2D eigenvalue weighted by atomic mass is 32.2. The molecule has 5 nitrogen and oxygen atoms in total. The summed E-state index contributed by atoms with van der Waals surface area (Å²) in [6.45, 7) is 2.84. The van der Waals surface area contributed by atoms with E-state index in [4.69, 9.17) is 4.74 Å². The van der Waals surface area contributed by atoms with Crippen molar-refractivity contribution in [2.45, 2.75) is 36.7 Å². The van der Waals surface area contributed by atoms with E-state index in [-0.39, 0.29) is 12.1 Å². The smallest absolute Gasteiger partial charge is 0.243 e. The van der Waals surface area contributed by atoms with E-state index in [2.05, 4.69) is 5.32 Å². The lowest BCUT2D eigenvalue weighted by Crippen LogP contribution is -2.35. The first-order valence-corrected chi connectivity index (χ1v) is 8.72. The van der Waals surface area contributed by atoms with Crippen LogP contribution in [0.5, 0.6) is 0 Å². The van der Waals surface area contributed by atoms with Crippen molar-refractivity contribution in [2.75, 3.05) is 27.3 Å². The van der Waals surface area contributed by atoms with Crippen LogP contribution in [0.4, 0.5) is 0 Å². The van der Waals surface area contributed by atoms with Gasteiger partial charge in [-0.25, -0.2) is 8.42 Å². The van der Waals surface area contributed by atoms with Crippen LogP contribution in [0.3, 0.4) is 0 Å². The summed E-state index contributed by atoms with van der Waals surface area (Å²) in [7, 11) is 0.00348. The number of nitrogens with one attached hydrogen (secondary N) is 1. The van der Waals surface area contributed by atoms with Crippen molar-refractivity contribution < 1.29 is 13.2 Å². The zero-order valence-electron chi connectivity index (χ0n) is 12.9. The minimum Gasteiger partial charge on any atom is -0.383 e. The number of rotatable bonds is 8. The maximum absolute atomic E-state index is 12.8. The predicted octanol–water partition coefficient (Wildman–Crippen LogP) is 1.77. The van der Waals surface area contributed by atoms with Gasteiger partial charge in [0, 0.05) is 25.7 Å². The molecule has 1 N–H and O–H groups in total. The summed E-state index contributed by atoms with van der Waals surface area (Å²) in [4.78, 5) is 0.366. The molecule has 1 saturated carbocycles. The number of methoxy groups -OCH3 is 1. The lowest BCUT2D eigenvalue weighted by molar-refractivity contribution is 0.177. The molecule has 6 heteroatoms. The van der Waals surface area contributed by atoms with Crippen molar-refractivity contribution in [1.29, 1.82) is 0 Å². The highest BCUT2D eigenvalue weighted by Crippen LogP contribution is 2.32. The van der Waals surface area contributed by atoms with E-state index in [1.54, 1.807) is 29.6 Å². The van der Waals surface area contributed by atoms with Crippen LogP contribution in [0, 0.1) is 0 Å². The van der Waals surface area contributed by atoms with Crippen LogP contribution >= 0.6 is 0 Å². The molecule has 0 bridgehead atoms. The van der Waals surface area contributed by atoms with Gasteiger partial charge in [-0.2, -0.15) is 4.31 Å². The molecule has 0 amide bonds. The van der Waals surface area contributed by atoms with Crippen molar-refractivity contribution >= 4 is 10.0 Å². The van der Waals surface area contributed by atoms with Gasteiger partial charge in [0.15, 0.2) is 0 Å². The molecule has 0 saturated heterocycles. The Morgan fingerprint density at radius 3 is 2.71 bits per heavy atom. The van der Waals surface area contributed by atoms with Gasteiger partial charge < -0.3 is 10.1 Å². The molecule has 1 unspecified atom stereocenters. The topological polar surface area (TPSA) is 58.6 Å². The Bertz CT molecular complexity index is 570. The zero-order valence-corrected chi connectivity index (χ0v) is 13.7. The number of hydrogen-bond donors (Lipinski definition) is 1. The molecular weight excluding hydrogens is 288 g/mol. The Morgan fingerprint density at radius 2 is 2.14 bits per heavy atom. The summed E-state index contributed by atoms with van der Waals surface area (Å²) < 4.78 is 32.3. The van der Waals surface area contributed by atoms with E-state index >= 15 is 0 Å². The standard InChI is InChI=1S/C15H24N2O3S/c1-12(16-2)13-5-4-6-15(11-13)21(18,19)17(9-10-20-3)14-7-8-14/h4-6,11-12,14,16H,7-10H2,1-3H3. The molecule has 0 aromatic heterocycles. The maximum atomic E-state index is 12.8. The number of benzene rings is 1. The molecule has 1 aliphatic rings. The van der Waals surface area contributed by atoms with Gasteiger partial charge >= 0.3 is 0 Å². The lowest BCUT2D eigenvalue weighted by Gasteiger charge is -2.22. The van der Waals surface area contributed by atoms with E-state index in [0.717, 1.165) is 18.4 Å². The summed E-state index contributed by atoms with van der Waals surface area (Å²) in [5.74, 6) is 0. The molecule has 1 aromatic carbocycles. The molecule has 118 valence electrons. The third kappa shape index (κ3) is 3.83. The predicted molar refractivity (Wildman–Crippen MR) is 82.7 cm³/mol. The van der Waals surface area contributed by atoms with E-state index < -0.39 is 10.0 Å². The molecule has 1 fully saturated rings. The van der Waals surface area contributed by atoms with Crippen molar-refractivity contribution in [3.8, 4) is 0 Å². The molecule has 1 aromatic rings. The van der Waals surface area contributed by atoms with E-state index in [9.17, 15) is 8.42 Å². The first-order chi connectivity index (χ1) is 10.0. The van der Waals surface area contributed by atoms with Gasteiger partial charge in [-0.15, -0.1) is 0 Å². The van der Waals surface area contributed by atoms with Gasteiger partial charge in [-0.05, 0) is 44.5 Å². The largest absolute Gasteiger partial charge is 0.383 e. The molecule has 0 radical (unpaired) electrons. The average molecular weight is 312 g/mol. The third-order valence-corrected chi connectivity index (χ3v) is 5.82. The Labute approximate surface area is 127 Å². The van der Waals surface area contributed by atoms with Crippen LogP contribution in [0.1, 0.15) is 31.4 Å². The van der Waals surface area contributed by atoms with Crippen LogP contribution in [-0.2, 0) is 14.8 Å². The fourth-order valence-electron chi connectivity index (χ4n) is 2.29. The number of sulfonamides is 1. The second-order valence-electron chi connectivity index (χ2n) is 5.42. The quantitative estimate of drug-likeness (QED) is 0.795. The minimum atomic E-state index is -3.45. The second-order valence-corrected chi connectivity index (χ2v) is 7.31. The molecule has 0 aliphatic heterocycles. The number of ether oxygens (including phenoxy) is 1. The van der Waals surface area contributed by atoms with Crippen LogP contribution in [0.25, 0.3) is 0 Å². The van der Waals surface area contributed by atoms with E-state index in [0.29, 0.717) is 18.0 Å². The van der Waals surface area contributed by atoms with Gasteiger partial charge in [0.05, 0.1) is 11.5 Å². The third-order valence-electron chi connectivity index (χ3n) is 3.87. The number of nitrogens with zero attached hydrogens (tertiary/aromatic N) is 1. The van der Waals surface area contributed by atoms with Crippen LogP contribution < -0.4 is 5.32 Å². The fraction of sp³-hybridized carbons (Fsp3) is 0.600. The van der Waals surface area contributed by atoms with Crippen LogP contribution in [-0.4, -0.2) is 46.1 Å². The maximum Gasteiger partial charge on any atom is 0.243 e. The van der Waals surface area contributed by atoms with Crippen LogP contribution in [0.2, 0.25) is 0 Å². The van der Waals surface area contributed by atoms with Gasteiger partial charge in [-0.1, -0.05) is 12.1 Å². The van der Waals surface area contributed by atoms with Crippen molar-refractivity contribution in [3.05, 3.63) is 29.8 Å². The van der Waals surface area contributed by atoms with Gasteiger partial charge in [0.25, 0.3) is 0 Å². The highest BCUT2D eigenvalue weighted by molar-refractivity contribution is 7.89. The number of hydrogen-bond acceptors (Lipinski definition) is 4. The molecule has 21 heavy (non-hydrogen) atoms.